The van der Waals surface area contributed by atoms with Crippen molar-refractivity contribution in [1.82, 2.24) is 0 Å². The maximum Gasteiger partial charge on any atom is 0.335 e. The normalized spacial score (nSPS) is 15.7. The Labute approximate surface area is 86.1 Å². The SMILES string of the molecule is Cc1cc2c(c(C(C)C)[o+]1)CCCC2. The Balaban J connectivity index is 2.52. The lowest BCUT2D eigenvalue weighted by molar-refractivity contribution is 0.429. The minimum Gasteiger partial charge on any atom is -0.218 e. The zero-order chi connectivity index (χ0) is 10.1. The number of hydrogen-bond acceptors (Lipinski definition) is 0. The van der Waals surface area contributed by atoms with E-state index in [4.69, 9.17) is 4.42 Å². The molecule has 0 amide bonds. The van der Waals surface area contributed by atoms with E-state index in [1.54, 1.807) is 0 Å². The van der Waals surface area contributed by atoms with Crippen molar-refractivity contribution < 1.29 is 4.42 Å². The van der Waals surface area contributed by atoms with Crippen LogP contribution in [0.1, 0.15) is 55.3 Å². The summed E-state index contributed by atoms with van der Waals surface area (Å²) in [6.07, 6.45) is 5.12. The fourth-order valence-corrected chi connectivity index (χ4v) is 2.35. The molecule has 1 aliphatic carbocycles. The first-order chi connectivity index (χ1) is 6.68. The molecule has 0 aromatic carbocycles. The number of rotatable bonds is 1. The molecule has 0 saturated heterocycles. The first-order valence-corrected chi connectivity index (χ1v) is 5.64. The van der Waals surface area contributed by atoms with Crippen molar-refractivity contribution in [2.45, 2.75) is 52.4 Å². The molecule has 0 fully saturated rings. The first kappa shape index (κ1) is 9.70. The van der Waals surface area contributed by atoms with Gasteiger partial charge in [-0.15, -0.1) is 0 Å². The number of hydrogen-bond donors (Lipinski definition) is 0. The van der Waals surface area contributed by atoms with Gasteiger partial charge in [-0.2, -0.15) is 0 Å². The lowest BCUT2D eigenvalue weighted by Gasteiger charge is -2.14. The summed E-state index contributed by atoms with van der Waals surface area (Å²) < 4.78 is 5.84. The molecule has 76 valence electrons. The van der Waals surface area contributed by atoms with Crippen molar-refractivity contribution in [2.75, 3.05) is 0 Å². The van der Waals surface area contributed by atoms with Crippen molar-refractivity contribution in [3.63, 3.8) is 0 Å². The summed E-state index contributed by atoms with van der Waals surface area (Å²) in [7, 11) is 0. The summed E-state index contributed by atoms with van der Waals surface area (Å²) in [6, 6.07) is 2.22. The van der Waals surface area contributed by atoms with Gasteiger partial charge in [-0.25, -0.2) is 4.42 Å². The standard InChI is InChI=1S/C13H19O/c1-9(2)13-12-7-5-4-6-11(12)8-10(3)14-13/h8-9H,4-7H2,1-3H3/q+1. The lowest BCUT2D eigenvalue weighted by atomic mass is 9.88. The zero-order valence-electron chi connectivity index (χ0n) is 9.39. The van der Waals surface area contributed by atoms with E-state index in [9.17, 15) is 0 Å². The van der Waals surface area contributed by atoms with E-state index in [2.05, 4.69) is 26.8 Å². The van der Waals surface area contributed by atoms with E-state index in [-0.39, 0.29) is 0 Å². The van der Waals surface area contributed by atoms with Crippen LogP contribution in [0.2, 0.25) is 0 Å². The van der Waals surface area contributed by atoms with Gasteiger partial charge in [0.2, 0.25) is 0 Å². The quantitative estimate of drug-likeness (QED) is 0.613. The van der Waals surface area contributed by atoms with Gasteiger partial charge in [-0.1, -0.05) is 13.8 Å². The Morgan fingerprint density at radius 3 is 2.64 bits per heavy atom. The number of aryl methyl sites for hydroxylation is 2. The Kier molecular flexibility index (Phi) is 2.58. The average molecular weight is 191 g/mol. The average Bonchev–Trinajstić information content (AvgIpc) is 2.16. The highest BCUT2D eigenvalue weighted by molar-refractivity contribution is 5.33. The summed E-state index contributed by atoms with van der Waals surface area (Å²) in [5.41, 5.74) is 3.03. The van der Waals surface area contributed by atoms with Crippen LogP contribution in [0.5, 0.6) is 0 Å². The predicted octanol–water partition coefficient (Wildman–Crippen LogP) is 3.87. The van der Waals surface area contributed by atoms with Crippen molar-refractivity contribution in [2.24, 2.45) is 0 Å². The molecule has 1 heterocycles. The van der Waals surface area contributed by atoms with E-state index in [1.807, 2.05) is 0 Å². The third-order valence-electron chi connectivity index (χ3n) is 2.98. The van der Waals surface area contributed by atoms with Gasteiger partial charge in [-0.3, -0.25) is 0 Å². The fraction of sp³-hybridized carbons (Fsp3) is 0.615. The van der Waals surface area contributed by atoms with E-state index in [1.165, 1.54) is 42.6 Å². The van der Waals surface area contributed by atoms with Crippen LogP contribution in [0.4, 0.5) is 0 Å². The molecule has 1 aromatic heterocycles. The molecule has 0 N–H and O–H groups in total. The molecule has 1 aromatic rings. The summed E-state index contributed by atoms with van der Waals surface area (Å²) in [5, 5.41) is 0. The van der Waals surface area contributed by atoms with Crippen molar-refractivity contribution >= 4 is 0 Å². The molecule has 0 bridgehead atoms. The second-order valence-electron chi connectivity index (χ2n) is 4.59. The van der Waals surface area contributed by atoms with Crippen LogP contribution in [0.3, 0.4) is 0 Å². The Morgan fingerprint density at radius 1 is 1.21 bits per heavy atom. The van der Waals surface area contributed by atoms with Crippen LogP contribution in [0.15, 0.2) is 10.5 Å². The van der Waals surface area contributed by atoms with Crippen LogP contribution in [-0.2, 0) is 12.8 Å². The van der Waals surface area contributed by atoms with E-state index in [0.29, 0.717) is 5.92 Å². The van der Waals surface area contributed by atoms with Crippen LogP contribution in [0.25, 0.3) is 0 Å². The van der Waals surface area contributed by atoms with Gasteiger partial charge >= 0.3 is 11.5 Å². The van der Waals surface area contributed by atoms with Gasteiger partial charge in [-0.05, 0) is 31.2 Å². The Morgan fingerprint density at radius 2 is 1.93 bits per heavy atom. The van der Waals surface area contributed by atoms with Gasteiger partial charge in [0, 0.05) is 6.07 Å². The maximum atomic E-state index is 5.84. The molecule has 1 heteroatoms. The minimum atomic E-state index is 0.516. The van der Waals surface area contributed by atoms with Crippen LogP contribution >= 0.6 is 0 Å². The monoisotopic (exact) mass is 191 g/mol. The molecule has 0 spiro atoms. The first-order valence-electron chi connectivity index (χ1n) is 5.64. The Bertz CT molecular complexity index is 339. The van der Waals surface area contributed by atoms with Crippen molar-refractivity contribution in [1.29, 1.82) is 0 Å². The zero-order valence-corrected chi connectivity index (χ0v) is 9.39. The van der Waals surface area contributed by atoms with Gasteiger partial charge in [0.1, 0.15) is 0 Å². The van der Waals surface area contributed by atoms with E-state index >= 15 is 0 Å². The minimum absolute atomic E-state index is 0.516. The summed E-state index contributed by atoms with van der Waals surface area (Å²) in [6.45, 7) is 6.49. The Hall–Kier alpha value is -0.850. The topological polar surface area (TPSA) is 11.3 Å². The highest BCUT2D eigenvalue weighted by Gasteiger charge is 2.26. The molecule has 1 nitrogen and oxygen atoms in total. The predicted molar refractivity (Wildman–Crippen MR) is 58.6 cm³/mol. The van der Waals surface area contributed by atoms with Crippen LogP contribution in [0, 0.1) is 6.92 Å². The summed E-state index contributed by atoms with van der Waals surface area (Å²) in [4.78, 5) is 0. The van der Waals surface area contributed by atoms with Crippen LogP contribution in [-0.4, -0.2) is 0 Å². The van der Waals surface area contributed by atoms with Gasteiger partial charge < -0.3 is 0 Å². The number of fused-ring (bicyclic) bond motifs is 1. The second kappa shape index (κ2) is 3.72. The van der Waals surface area contributed by atoms with Gasteiger partial charge in [0.25, 0.3) is 0 Å². The highest BCUT2D eigenvalue weighted by atomic mass is 16.3. The van der Waals surface area contributed by atoms with Crippen molar-refractivity contribution in [3.8, 4) is 0 Å². The molecule has 0 atom stereocenters. The van der Waals surface area contributed by atoms with E-state index < -0.39 is 0 Å². The largest absolute Gasteiger partial charge is 0.335 e. The van der Waals surface area contributed by atoms with E-state index in [0.717, 1.165) is 5.76 Å². The van der Waals surface area contributed by atoms with Gasteiger partial charge in [0.05, 0.1) is 18.4 Å². The lowest BCUT2D eigenvalue weighted by Crippen LogP contribution is -2.08. The third-order valence-corrected chi connectivity index (χ3v) is 2.98. The molecule has 2 rings (SSSR count). The van der Waals surface area contributed by atoms with Crippen molar-refractivity contribution in [3.05, 3.63) is 28.7 Å². The molecule has 14 heavy (non-hydrogen) atoms. The molecule has 1 aliphatic rings. The maximum absolute atomic E-state index is 5.84. The fourth-order valence-electron chi connectivity index (χ4n) is 2.35. The van der Waals surface area contributed by atoms with Gasteiger partial charge in [0.15, 0.2) is 0 Å². The second-order valence-corrected chi connectivity index (χ2v) is 4.59. The molecular weight excluding hydrogens is 172 g/mol. The van der Waals surface area contributed by atoms with Crippen LogP contribution < -0.4 is 0 Å². The molecule has 0 saturated carbocycles. The molecular formula is C13H19O+. The third kappa shape index (κ3) is 1.68. The summed E-state index contributed by atoms with van der Waals surface area (Å²) in [5.74, 6) is 2.80. The smallest absolute Gasteiger partial charge is 0.218 e. The highest BCUT2D eigenvalue weighted by Crippen LogP contribution is 2.30. The molecule has 0 radical (unpaired) electrons. The summed E-state index contributed by atoms with van der Waals surface area (Å²) >= 11 is 0. The molecule has 0 aliphatic heterocycles. The molecule has 0 unspecified atom stereocenters.